The maximum atomic E-state index is 12.3. The van der Waals surface area contributed by atoms with Crippen LogP contribution in [0.4, 0.5) is 0 Å². The van der Waals surface area contributed by atoms with Crippen molar-refractivity contribution in [3.8, 4) is 0 Å². The average Bonchev–Trinajstić information content (AvgIpc) is 2.34. The molecule has 1 unspecified atom stereocenters. The maximum Gasteiger partial charge on any atom is 0.245 e. The number of hydrogen-bond donors (Lipinski definition) is 1. The van der Waals surface area contributed by atoms with E-state index in [9.17, 15) is 9.59 Å². The van der Waals surface area contributed by atoms with Gasteiger partial charge in [-0.1, -0.05) is 13.8 Å². The lowest BCUT2D eigenvalue weighted by molar-refractivity contribution is -0.146. The minimum absolute atomic E-state index is 0.0153. The number of carbonyl (C=O) groups is 2. The van der Waals surface area contributed by atoms with Gasteiger partial charge in [0.05, 0.1) is 6.54 Å². The molecule has 1 N–H and O–H groups in total. The summed E-state index contributed by atoms with van der Waals surface area (Å²) in [5, 5.41) is 2.80. The smallest absolute Gasteiger partial charge is 0.245 e. The Morgan fingerprint density at radius 2 is 2.00 bits per heavy atom. The molecule has 0 saturated carbocycles. The molecule has 2 aliphatic rings. The van der Waals surface area contributed by atoms with E-state index in [-0.39, 0.29) is 30.3 Å². The molecule has 102 valence electrons. The molecule has 0 aromatic carbocycles. The van der Waals surface area contributed by atoms with E-state index in [0.717, 1.165) is 6.54 Å². The van der Waals surface area contributed by atoms with Crippen molar-refractivity contribution in [1.29, 1.82) is 0 Å². The standard InChI is InChI=1S/C13H22N2O2S/c1-9(2)12-13(17)15(8-11(16)14-12)7-10-3-5-18-6-4-10/h9-10,12H,3-8H2,1-2H3,(H,14,16). The summed E-state index contributed by atoms with van der Waals surface area (Å²) in [5.74, 6) is 3.19. The molecular weight excluding hydrogens is 248 g/mol. The van der Waals surface area contributed by atoms with Crippen molar-refractivity contribution < 1.29 is 9.59 Å². The number of nitrogens with zero attached hydrogens (tertiary/aromatic N) is 1. The summed E-state index contributed by atoms with van der Waals surface area (Å²) >= 11 is 1.98. The van der Waals surface area contributed by atoms with Crippen LogP contribution in [0.2, 0.25) is 0 Å². The lowest BCUT2D eigenvalue weighted by Crippen LogP contribution is -2.60. The maximum absolute atomic E-state index is 12.3. The van der Waals surface area contributed by atoms with Crippen LogP contribution in [-0.4, -0.2) is 47.4 Å². The molecule has 0 aromatic rings. The zero-order chi connectivity index (χ0) is 13.1. The number of rotatable bonds is 3. The van der Waals surface area contributed by atoms with Gasteiger partial charge in [-0.3, -0.25) is 9.59 Å². The molecule has 0 spiro atoms. The SMILES string of the molecule is CC(C)C1NC(=O)CN(CC2CCSCC2)C1=O. The Morgan fingerprint density at radius 3 is 2.61 bits per heavy atom. The second-order valence-electron chi connectivity index (χ2n) is 5.56. The van der Waals surface area contributed by atoms with Gasteiger partial charge in [0.2, 0.25) is 11.8 Å². The predicted octanol–water partition coefficient (Wildman–Crippen LogP) is 1.11. The van der Waals surface area contributed by atoms with Gasteiger partial charge in [-0.15, -0.1) is 0 Å². The minimum atomic E-state index is -0.329. The second-order valence-corrected chi connectivity index (χ2v) is 6.79. The van der Waals surface area contributed by atoms with Crippen molar-refractivity contribution in [3.63, 3.8) is 0 Å². The van der Waals surface area contributed by atoms with Crippen LogP contribution < -0.4 is 5.32 Å². The summed E-state index contributed by atoms with van der Waals surface area (Å²) < 4.78 is 0. The van der Waals surface area contributed by atoms with Crippen LogP contribution in [0.15, 0.2) is 0 Å². The first-order chi connectivity index (χ1) is 8.58. The van der Waals surface area contributed by atoms with E-state index < -0.39 is 0 Å². The molecule has 2 saturated heterocycles. The van der Waals surface area contributed by atoms with E-state index in [4.69, 9.17) is 0 Å². The Hall–Kier alpha value is -0.710. The van der Waals surface area contributed by atoms with E-state index in [2.05, 4.69) is 5.32 Å². The molecule has 2 amide bonds. The molecule has 18 heavy (non-hydrogen) atoms. The topological polar surface area (TPSA) is 49.4 Å². The number of nitrogens with one attached hydrogen (secondary N) is 1. The summed E-state index contributed by atoms with van der Waals surface area (Å²) in [6.45, 7) is 4.95. The van der Waals surface area contributed by atoms with Crippen molar-refractivity contribution in [2.24, 2.45) is 11.8 Å². The number of thioether (sulfide) groups is 1. The van der Waals surface area contributed by atoms with Crippen LogP contribution in [0, 0.1) is 11.8 Å². The van der Waals surface area contributed by atoms with Gasteiger partial charge in [0.15, 0.2) is 0 Å². The van der Waals surface area contributed by atoms with E-state index in [1.807, 2.05) is 25.6 Å². The van der Waals surface area contributed by atoms with E-state index in [1.165, 1.54) is 24.3 Å². The highest BCUT2D eigenvalue weighted by molar-refractivity contribution is 7.99. The molecule has 0 bridgehead atoms. The normalized spacial score (nSPS) is 26.6. The fourth-order valence-corrected chi connectivity index (χ4v) is 3.78. The quantitative estimate of drug-likeness (QED) is 0.836. The first-order valence-electron chi connectivity index (χ1n) is 6.74. The first kappa shape index (κ1) is 13.7. The van der Waals surface area contributed by atoms with Gasteiger partial charge in [-0.2, -0.15) is 11.8 Å². The molecular formula is C13H22N2O2S. The van der Waals surface area contributed by atoms with Gasteiger partial charge < -0.3 is 10.2 Å². The second kappa shape index (κ2) is 5.95. The number of hydrogen-bond acceptors (Lipinski definition) is 3. The summed E-state index contributed by atoms with van der Waals surface area (Å²) in [6, 6.07) is -0.329. The van der Waals surface area contributed by atoms with Gasteiger partial charge in [-0.05, 0) is 36.2 Å². The Bertz CT molecular complexity index is 327. The lowest BCUT2D eigenvalue weighted by Gasteiger charge is -2.37. The first-order valence-corrected chi connectivity index (χ1v) is 7.89. The third-order valence-corrected chi connectivity index (χ3v) is 4.76. The van der Waals surface area contributed by atoms with Crippen LogP contribution in [0.3, 0.4) is 0 Å². The summed E-state index contributed by atoms with van der Waals surface area (Å²) in [7, 11) is 0. The lowest BCUT2D eigenvalue weighted by atomic mass is 9.97. The zero-order valence-electron chi connectivity index (χ0n) is 11.1. The third-order valence-electron chi connectivity index (χ3n) is 3.71. The fourth-order valence-electron chi connectivity index (χ4n) is 2.58. The van der Waals surface area contributed by atoms with Crippen molar-refractivity contribution in [2.75, 3.05) is 24.6 Å². The molecule has 2 fully saturated rings. The minimum Gasteiger partial charge on any atom is -0.343 e. The van der Waals surface area contributed by atoms with Crippen LogP contribution in [-0.2, 0) is 9.59 Å². The number of piperazine rings is 1. The highest BCUT2D eigenvalue weighted by Gasteiger charge is 2.35. The Labute approximate surface area is 113 Å². The van der Waals surface area contributed by atoms with Crippen molar-refractivity contribution in [2.45, 2.75) is 32.7 Å². The summed E-state index contributed by atoms with van der Waals surface area (Å²) in [6.07, 6.45) is 2.34. The number of amides is 2. The van der Waals surface area contributed by atoms with Crippen LogP contribution >= 0.6 is 11.8 Å². The fraction of sp³-hybridized carbons (Fsp3) is 0.846. The summed E-state index contributed by atoms with van der Waals surface area (Å²) in [4.78, 5) is 25.7. The summed E-state index contributed by atoms with van der Waals surface area (Å²) in [5.41, 5.74) is 0. The van der Waals surface area contributed by atoms with Gasteiger partial charge in [0.1, 0.15) is 6.04 Å². The molecule has 2 aliphatic heterocycles. The molecule has 0 aliphatic carbocycles. The van der Waals surface area contributed by atoms with Crippen LogP contribution in [0.5, 0.6) is 0 Å². The molecule has 1 atom stereocenters. The molecule has 4 nitrogen and oxygen atoms in total. The van der Waals surface area contributed by atoms with E-state index in [1.54, 1.807) is 4.90 Å². The van der Waals surface area contributed by atoms with Gasteiger partial charge in [-0.25, -0.2) is 0 Å². The molecule has 0 aromatic heterocycles. The Kier molecular flexibility index (Phi) is 4.54. The van der Waals surface area contributed by atoms with Gasteiger partial charge in [0.25, 0.3) is 0 Å². The molecule has 5 heteroatoms. The van der Waals surface area contributed by atoms with E-state index >= 15 is 0 Å². The van der Waals surface area contributed by atoms with Crippen LogP contribution in [0.1, 0.15) is 26.7 Å². The van der Waals surface area contributed by atoms with Crippen LogP contribution in [0.25, 0.3) is 0 Å². The average molecular weight is 270 g/mol. The van der Waals surface area contributed by atoms with Gasteiger partial charge in [0, 0.05) is 6.54 Å². The molecule has 2 rings (SSSR count). The van der Waals surface area contributed by atoms with Crippen molar-refractivity contribution in [1.82, 2.24) is 10.2 Å². The molecule has 2 heterocycles. The van der Waals surface area contributed by atoms with Crippen molar-refractivity contribution >= 4 is 23.6 Å². The Balaban J connectivity index is 1.97. The van der Waals surface area contributed by atoms with E-state index in [0.29, 0.717) is 5.92 Å². The highest BCUT2D eigenvalue weighted by atomic mass is 32.2. The Morgan fingerprint density at radius 1 is 1.33 bits per heavy atom. The number of carbonyl (C=O) groups excluding carboxylic acids is 2. The monoisotopic (exact) mass is 270 g/mol. The highest BCUT2D eigenvalue weighted by Crippen LogP contribution is 2.24. The molecule has 0 radical (unpaired) electrons. The largest absolute Gasteiger partial charge is 0.343 e. The van der Waals surface area contributed by atoms with Crippen molar-refractivity contribution in [3.05, 3.63) is 0 Å². The van der Waals surface area contributed by atoms with Gasteiger partial charge >= 0.3 is 0 Å². The predicted molar refractivity (Wildman–Crippen MR) is 73.4 cm³/mol. The zero-order valence-corrected chi connectivity index (χ0v) is 12.0. The third kappa shape index (κ3) is 3.19.